The summed E-state index contributed by atoms with van der Waals surface area (Å²) in [6.07, 6.45) is 2.41. The zero-order valence-corrected chi connectivity index (χ0v) is 16.6. The lowest BCUT2D eigenvalue weighted by Gasteiger charge is -2.25. The van der Waals surface area contributed by atoms with Gasteiger partial charge in [-0.05, 0) is 48.9 Å². The maximum absolute atomic E-state index is 12.6. The fourth-order valence-electron chi connectivity index (χ4n) is 3.23. The molecule has 0 saturated carbocycles. The number of halogens is 1. The van der Waals surface area contributed by atoms with Crippen molar-refractivity contribution in [2.45, 2.75) is 38.5 Å². The Morgan fingerprint density at radius 1 is 1.42 bits per heavy atom. The molecule has 4 nitrogen and oxygen atoms in total. The van der Waals surface area contributed by atoms with E-state index in [9.17, 15) is 4.79 Å². The highest BCUT2D eigenvalue weighted by molar-refractivity contribution is 7.09. The van der Waals surface area contributed by atoms with E-state index in [4.69, 9.17) is 16.3 Å². The van der Waals surface area contributed by atoms with E-state index < -0.39 is 0 Å². The standard InChI is InChI=1S/C20H25ClN2O2S/c1-15(16-5-2-6-17(21)11-16)22-20(24)14-23(12-18-7-3-9-25-18)13-19-8-4-10-26-19/h2,4-6,8,10-11,15,18H,3,7,9,12-14H2,1H3,(H,22,24). The van der Waals surface area contributed by atoms with Crippen LogP contribution in [0.15, 0.2) is 41.8 Å². The van der Waals surface area contributed by atoms with Crippen LogP contribution in [-0.2, 0) is 16.1 Å². The van der Waals surface area contributed by atoms with Gasteiger partial charge in [-0.2, -0.15) is 0 Å². The number of nitrogens with zero attached hydrogens (tertiary/aromatic N) is 1. The number of carbonyl (C=O) groups is 1. The number of ether oxygens (including phenoxy) is 1. The normalized spacial score (nSPS) is 18.2. The van der Waals surface area contributed by atoms with Crippen LogP contribution in [0.3, 0.4) is 0 Å². The van der Waals surface area contributed by atoms with E-state index >= 15 is 0 Å². The summed E-state index contributed by atoms with van der Waals surface area (Å²) in [7, 11) is 0. The molecule has 6 heteroatoms. The predicted molar refractivity (Wildman–Crippen MR) is 107 cm³/mol. The lowest BCUT2D eigenvalue weighted by Crippen LogP contribution is -2.41. The Balaban J connectivity index is 1.58. The van der Waals surface area contributed by atoms with Gasteiger partial charge in [0.05, 0.1) is 18.7 Å². The van der Waals surface area contributed by atoms with Crippen molar-refractivity contribution in [3.8, 4) is 0 Å². The van der Waals surface area contributed by atoms with E-state index in [1.807, 2.05) is 37.3 Å². The highest BCUT2D eigenvalue weighted by Crippen LogP contribution is 2.19. The molecular weight excluding hydrogens is 368 g/mol. The Bertz CT molecular complexity index is 702. The predicted octanol–water partition coefficient (Wildman–Crippen LogP) is 4.26. The molecule has 1 N–H and O–H groups in total. The third-order valence-corrected chi connectivity index (χ3v) is 5.63. The van der Waals surface area contributed by atoms with Crippen LogP contribution >= 0.6 is 22.9 Å². The summed E-state index contributed by atoms with van der Waals surface area (Å²) in [4.78, 5) is 16.0. The third-order valence-electron chi connectivity index (χ3n) is 4.54. The van der Waals surface area contributed by atoms with Gasteiger partial charge in [0.2, 0.25) is 5.91 Å². The molecule has 1 aliphatic rings. The summed E-state index contributed by atoms with van der Waals surface area (Å²) in [6, 6.07) is 11.7. The molecule has 140 valence electrons. The first kappa shape index (κ1) is 19.4. The van der Waals surface area contributed by atoms with Gasteiger partial charge in [-0.3, -0.25) is 9.69 Å². The second kappa shape index (κ2) is 9.51. The van der Waals surface area contributed by atoms with E-state index in [0.29, 0.717) is 11.6 Å². The fourth-order valence-corrected chi connectivity index (χ4v) is 4.18. The molecule has 0 aliphatic carbocycles. The van der Waals surface area contributed by atoms with E-state index in [-0.39, 0.29) is 18.1 Å². The van der Waals surface area contributed by atoms with Crippen LogP contribution in [0.1, 0.15) is 36.2 Å². The van der Waals surface area contributed by atoms with Crippen LogP contribution in [-0.4, -0.2) is 36.6 Å². The van der Waals surface area contributed by atoms with Crippen molar-refractivity contribution >= 4 is 28.8 Å². The fraction of sp³-hybridized carbons (Fsp3) is 0.450. The smallest absolute Gasteiger partial charge is 0.234 e. The molecule has 1 aliphatic heterocycles. The maximum Gasteiger partial charge on any atom is 0.234 e. The van der Waals surface area contributed by atoms with Crippen molar-refractivity contribution in [3.05, 3.63) is 57.2 Å². The lowest BCUT2D eigenvalue weighted by atomic mass is 10.1. The summed E-state index contributed by atoms with van der Waals surface area (Å²) >= 11 is 7.77. The Hall–Kier alpha value is -1.40. The molecule has 2 heterocycles. The molecule has 1 aromatic heterocycles. The van der Waals surface area contributed by atoms with Crippen LogP contribution in [0.4, 0.5) is 0 Å². The van der Waals surface area contributed by atoms with Crippen molar-refractivity contribution in [1.82, 2.24) is 10.2 Å². The molecule has 2 unspecified atom stereocenters. The van der Waals surface area contributed by atoms with Gasteiger partial charge in [0.25, 0.3) is 0 Å². The second-order valence-corrected chi connectivity index (χ2v) is 8.20. The quantitative estimate of drug-likeness (QED) is 0.729. The maximum atomic E-state index is 12.6. The van der Waals surface area contributed by atoms with E-state index in [2.05, 4.69) is 21.7 Å². The second-order valence-electron chi connectivity index (χ2n) is 6.73. The minimum atomic E-state index is -0.0764. The summed E-state index contributed by atoms with van der Waals surface area (Å²) < 4.78 is 5.76. The van der Waals surface area contributed by atoms with Crippen LogP contribution in [0.25, 0.3) is 0 Å². The topological polar surface area (TPSA) is 41.6 Å². The monoisotopic (exact) mass is 392 g/mol. The molecule has 0 bridgehead atoms. The SMILES string of the molecule is CC(NC(=O)CN(Cc1cccs1)CC1CCCO1)c1cccc(Cl)c1. The Kier molecular flexibility index (Phi) is 7.08. The Morgan fingerprint density at radius 2 is 2.31 bits per heavy atom. The summed E-state index contributed by atoms with van der Waals surface area (Å²) in [6.45, 7) is 4.73. The van der Waals surface area contributed by atoms with Crippen molar-refractivity contribution in [2.24, 2.45) is 0 Å². The van der Waals surface area contributed by atoms with Crippen molar-refractivity contribution < 1.29 is 9.53 Å². The average molecular weight is 393 g/mol. The van der Waals surface area contributed by atoms with Gasteiger partial charge in [-0.15, -0.1) is 11.3 Å². The number of thiophene rings is 1. The molecule has 3 rings (SSSR count). The van der Waals surface area contributed by atoms with Crippen LogP contribution < -0.4 is 5.32 Å². The van der Waals surface area contributed by atoms with Crippen LogP contribution in [0.2, 0.25) is 5.02 Å². The lowest BCUT2D eigenvalue weighted by molar-refractivity contribution is -0.123. The molecule has 26 heavy (non-hydrogen) atoms. The summed E-state index contributed by atoms with van der Waals surface area (Å²) in [5.74, 6) is 0.0204. The van der Waals surface area contributed by atoms with Crippen molar-refractivity contribution in [3.63, 3.8) is 0 Å². The number of hydrogen-bond donors (Lipinski definition) is 1. The minimum absolute atomic E-state index is 0.0204. The first-order chi connectivity index (χ1) is 12.6. The van der Waals surface area contributed by atoms with E-state index in [1.54, 1.807) is 11.3 Å². The molecule has 0 spiro atoms. The number of carbonyl (C=O) groups excluding carboxylic acids is 1. The molecule has 1 aromatic carbocycles. The molecule has 2 atom stereocenters. The molecule has 1 fully saturated rings. The number of hydrogen-bond acceptors (Lipinski definition) is 4. The zero-order valence-electron chi connectivity index (χ0n) is 15.0. The molecule has 1 amide bonds. The van der Waals surface area contributed by atoms with Crippen LogP contribution in [0, 0.1) is 0 Å². The van der Waals surface area contributed by atoms with Gasteiger partial charge < -0.3 is 10.1 Å². The number of nitrogens with one attached hydrogen (secondary N) is 1. The van der Waals surface area contributed by atoms with Gasteiger partial charge in [-0.1, -0.05) is 29.8 Å². The van der Waals surface area contributed by atoms with Gasteiger partial charge in [0.15, 0.2) is 0 Å². The van der Waals surface area contributed by atoms with E-state index in [1.165, 1.54) is 4.88 Å². The molecule has 0 radical (unpaired) electrons. The number of rotatable bonds is 8. The van der Waals surface area contributed by atoms with Gasteiger partial charge in [-0.25, -0.2) is 0 Å². The first-order valence-electron chi connectivity index (χ1n) is 9.01. The van der Waals surface area contributed by atoms with Crippen molar-refractivity contribution in [1.29, 1.82) is 0 Å². The van der Waals surface area contributed by atoms with Crippen LogP contribution in [0.5, 0.6) is 0 Å². The largest absolute Gasteiger partial charge is 0.377 e. The number of benzene rings is 1. The van der Waals surface area contributed by atoms with Gasteiger partial charge >= 0.3 is 0 Å². The minimum Gasteiger partial charge on any atom is -0.377 e. The molecule has 1 saturated heterocycles. The zero-order chi connectivity index (χ0) is 18.4. The average Bonchev–Trinajstić information content (AvgIpc) is 3.28. The molecular formula is C20H25ClN2O2S. The third kappa shape index (κ3) is 5.81. The van der Waals surface area contributed by atoms with Gasteiger partial charge in [0.1, 0.15) is 0 Å². The first-order valence-corrected chi connectivity index (χ1v) is 10.3. The molecule has 2 aromatic rings. The van der Waals surface area contributed by atoms with Gasteiger partial charge in [0, 0.05) is 29.6 Å². The summed E-state index contributed by atoms with van der Waals surface area (Å²) in [5, 5.41) is 5.83. The Labute approximate surface area is 164 Å². The van der Waals surface area contributed by atoms with Crippen molar-refractivity contribution in [2.75, 3.05) is 19.7 Å². The summed E-state index contributed by atoms with van der Waals surface area (Å²) in [5.41, 5.74) is 1.01. The number of amides is 1. The highest BCUT2D eigenvalue weighted by Gasteiger charge is 2.22. The Morgan fingerprint density at radius 3 is 3.00 bits per heavy atom. The highest BCUT2D eigenvalue weighted by atomic mass is 35.5. The van der Waals surface area contributed by atoms with E-state index in [0.717, 1.165) is 38.1 Å².